The number of hydrogen-bond acceptors (Lipinski definition) is 2. The third-order valence-electron chi connectivity index (χ3n) is 1.91. The molecule has 0 unspecified atom stereocenters. The van der Waals surface area contributed by atoms with Gasteiger partial charge in [0.1, 0.15) is 0 Å². The molecule has 1 aromatic carbocycles. The number of nitrogens with two attached hydrogens (primary N) is 1. The van der Waals surface area contributed by atoms with Crippen LogP contribution in [0, 0.1) is 0 Å². The second kappa shape index (κ2) is 4.61. The van der Waals surface area contributed by atoms with Gasteiger partial charge < -0.3 is 5.73 Å². The van der Waals surface area contributed by atoms with E-state index < -0.39 is 6.03 Å². The molecule has 2 amide bonds. The Morgan fingerprint density at radius 2 is 2.07 bits per heavy atom. The number of fused-ring (bicyclic) bond motifs is 1. The van der Waals surface area contributed by atoms with Crippen molar-refractivity contribution in [3.63, 3.8) is 0 Å². The van der Waals surface area contributed by atoms with Crippen LogP contribution < -0.4 is 16.3 Å². The molecule has 2 N–H and O–H groups in total. The monoisotopic (exact) mass is 223 g/mol. The van der Waals surface area contributed by atoms with Gasteiger partial charge in [-0.2, -0.15) is 0 Å². The SMILES string of the molecule is Cl.NC(=O)N1C=CN=c2ccccc2=C1. The van der Waals surface area contributed by atoms with Gasteiger partial charge in [0.25, 0.3) is 0 Å². The number of primary amides is 1. The van der Waals surface area contributed by atoms with Gasteiger partial charge in [-0.3, -0.25) is 9.89 Å². The van der Waals surface area contributed by atoms with Crippen LogP contribution in [0.3, 0.4) is 0 Å². The van der Waals surface area contributed by atoms with Crippen LogP contribution in [0.5, 0.6) is 0 Å². The topological polar surface area (TPSA) is 58.7 Å². The second-order valence-corrected chi connectivity index (χ2v) is 2.86. The molecular formula is C10H10ClN3O. The third-order valence-corrected chi connectivity index (χ3v) is 1.91. The van der Waals surface area contributed by atoms with Crippen LogP contribution >= 0.6 is 12.4 Å². The Kier molecular flexibility index (Phi) is 3.46. The molecule has 0 bridgehead atoms. The predicted octanol–water partition coefficient (Wildman–Crippen LogP) is 0.332. The first-order valence-corrected chi connectivity index (χ1v) is 4.16. The molecule has 2 rings (SSSR count). The molecular weight excluding hydrogens is 214 g/mol. The summed E-state index contributed by atoms with van der Waals surface area (Å²) in [4.78, 5) is 16.4. The van der Waals surface area contributed by atoms with Crippen molar-refractivity contribution in [2.45, 2.75) is 0 Å². The molecule has 0 saturated carbocycles. The number of nitrogens with zero attached hydrogens (tertiary/aromatic N) is 2. The first-order chi connectivity index (χ1) is 6.77. The van der Waals surface area contributed by atoms with Gasteiger partial charge in [-0.25, -0.2) is 4.79 Å². The van der Waals surface area contributed by atoms with E-state index in [2.05, 4.69) is 4.99 Å². The van der Waals surface area contributed by atoms with Crippen LogP contribution in [-0.2, 0) is 0 Å². The van der Waals surface area contributed by atoms with E-state index in [0.29, 0.717) is 0 Å². The summed E-state index contributed by atoms with van der Waals surface area (Å²) >= 11 is 0. The van der Waals surface area contributed by atoms with Crippen LogP contribution in [0.15, 0.2) is 41.7 Å². The number of carbonyl (C=O) groups is 1. The van der Waals surface area contributed by atoms with Crippen molar-refractivity contribution in [1.29, 1.82) is 0 Å². The Labute approximate surface area is 92.8 Å². The Morgan fingerprint density at radius 1 is 1.33 bits per heavy atom. The van der Waals surface area contributed by atoms with E-state index in [1.807, 2.05) is 24.3 Å². The zero-order chi connectivity index (χ0) is 9.97. The van der Waals surface area contributed by atoms with Crippen molar-refractivity contribution >= 4 is 24.6 Å². The zero-order valence-electron chi connectivity index (χ0n) is 7.83. The zero-order valence-corrected chi connectivity index (χ0v) is 8.65. The van der Waals surface area contributed by atoms with Gasteiger partial charge in [-0.1, -0.05) is 18.2 Å². The number of para-hydroxylation sites is 1. The van der Waals surface area contributed by atoms with Gasteiger partial charge in [0.05, 0.1) is 5.36 Å². The van der Waals surface area contributed by atoms with E-state index in [1.165, 1.54) is 11.1 Å². The van der Waals surface area contributed by atoms with Crippen LogP contribution in [0.25, 0.3) is 6.20 Å². The van der Waals surface area contributed by atoms with Crippen LogP contribution in [-0.4, -0.2) is 10.9 Å². The fourth-order valence-electron chi connectivity index (χ4n) is 1.23. The lowest BCUT2D eigenvalue weighted by Gasteiger charge is -2.06. The Hall–Kier alpha value is -1.81. The first kappa shape index (κ1) is 11.3. The number of halogens is 1. The Balaban J connectivity index is 0.00000112. The average molecular weight is 224 g/mol. The summed E-state index contributed by atoms with van der Waals surface area (Å²) in [5, 5.41) is 1.70. The maximum atomic E-state index is 10.9. The number of hydrogen-bond donors (Lipinski definition) is 1. The lowest BCUT2D eigenvalue weighted by molar-refractivity contribution is 0.238. The molecule has 0 spiro atoms. The van der Waals surface area contributed by atoms with Gasteiger partial charge in [0.2, 0.25) is 0 Å². The molecule has 5 heteroatoms. The minimum atomic E-state index is -0.520. The summed E-state index contributed by atoms with van der Waals surface area (Å²) in [6, 6.07) is 7.01. The lowest BCUT2D eigenvalue weighted by atomic mass is 10.3. The lowest BCUT2D eigenvalue weighted by Crippen LogP contribution is -2.31. The number of amides is 2. The Bertz CT molecular complexity index is 510. The van der Waals surface area contributed by atoms with Gasteiger partial charge in [0.15, 0.2) is 0 Å². The summed E-state index contributed by atoms with van der Waals surface area (Å²) in [6.07, 6.45) is 4.74. The van der Waals surface area contributed by atoms with Gasteiger partial charge in [-0.05, 0) is 6.07 Å². The minimum absolute atomic E-state index is 0. The van der Waals surface area contributed by atoms with E-state index in [-0.39, 0.29) is 12.4 Å². The fraction of sp³-hybridized carbons (Fsp3) is 0. The quantitative estimate of drug-likeness (QED) is 0.677. The van der Waals surface area contributed by atoms with E-state index in [1.54, 1.807) is 12.4 Å². The maximum Gasteiger partial charge on any atom is 0.322 e. The van der Waals surface area contributed by atoms with Crippen molar-refractivity contribution in [2.75, 3.05) is 0 Å². The van der Waals surface area contributed by atoms with E-state index in [9.17, 15) is 4.79 Å². The second-order valence-electron chi connectivity index (χ2n) is 2.86. The summed E-state index contributed by atoms with van der Waals surface area (Å²) in [6.45, 7) is 0. The van der Waals surface area contributed by atoms with Crippen LogP contribution in [0.4, 0.5) is 4.79 Å². The molecule has 0 fully saturated rings. The van der Waals surface area contributed by atoms with Crippen molar-refractivity contribution in [3.8, 4) is 0 Å². The molecule has 0 saturated heterocycles. The molecule has 78 valence electrons. The number of rotatable bonds is 0. The largest absolute Gasteiger partial charge is 0.351 e. The van der Waals surface area contributed by atoms with E-state index in [0.717, 1.165) is 10.6 Å². The number of benzene rings is 1. The van der Waals surface area contributed by atoms with E-state index >= 15 is 0 Å². The van der Waals surface area contributed by atoms with Crippen molar-refractivity contribution in [3.05, 3.63) is 47.2 Å². The average Bonchev–Trinajstić information content (AvgIpc) is 2.39. The highest BCUT2D eigenvalue weighted by molar-refractivity contribution is 5.85. The molecule has 0 radical (unpaired) electrons. The van der Waals surface area contributed by atoms with E-state index in [4.69, 9.17) is 5.73 Å². The molecule has 15 heavy (non-hydrogen) atoms. The van der Waals surface area contributed by atoms with Gasteiger partial charge in [-0.15, -0.1) is 12.4 Å². The highest BCUT2D eigenvalue weighted by Gasteiger charge is 2.02. The van der Waals surface area contributed by atoms with Crippen molar-refractivity contribution < 1.29 is 4.79 Å². The summed E-state index contributed by atoms with van der Waals surface area (Å²) in [7, 11) is 0. The highest BCUT2D eigenvalue weighted by atomic mass is 35.5. The maximum absolute atomic E-state index is 10.9. The summed E-state index contributed by atoms with van der Waals surface area (Å²) < 4.78 is 0. The predicted molar refractivity (Wildman–Crippen MR) is 59.5 cm³/mol. The minimum Gasteiger partial charge on any atom is -0.351 e. The molecule has 0 aromatic heterocycles. The van der Waals surface area contributed by atoms with Gasteiger partial charge >= 0.3 is 6.03 Å². The van der Waals surface area contributed by atoms with Crippen LogP contribution in [0.2, 0.25) is 0 Å². The molecule has 4 nitrogen and oxygen atoms in total. The summed E-state index contributed by atoms with van der Waals surface area (Å²) in [5.41, 5.74) is 5.16. The molecule has 1 aliphatic heterocycles. The van der Waals surface area contributed by atoms with Crippen molar-refractivity contribution in [2.24, 2.45) is 10.7 Å². The molecule has 1 heterocycles. The normalized spacial score (nSPS) is 12.7. The fourth-order valence-corrected chi connectivity index (χ4v) is 1.23. The smallest absolute Gasteiger partial charge is 0.322 e. The van der Waals surface area contributed by atoms with Crippen molar-refractivity contribution in [1.82, 2.24) is 4.90 Å². The molecule has 0 atom stereocenters. The third kappa shape index (κ3) is 2.35. The molecule has 0 aliphatic carbocycles. The first-order valence-electron chi connectivity index (χ1n) is 4.16. The number of carbonyl (C=O) groups excluding carboxylic acids is 1. The van der Waals surface area contributed by atoms with Gasteiger partial charge in [0, 0.05) is 23.8 Å². The number of urea groups is 1. The standard InChI is InChI=1S/C10H9N3O.ClH/c11-10(14)13-6-5-12-9-4-2-1-3-8(9)7-13;/h1-7H,(H2,11,14);1H. The highest BCUT2D eigenvalue weighted by Crippen LogP contribution is 1.92. The summed E-state index contributed by atoms with van der Waals surface area (Å²) in [5.74, 6) is 0. The van der Waals surface area contributed by atoms with Crippen LogP contribution in [0.1, 0.15) is 0 Å². The molecule has 1 aliphatic rings. The molecule has 1 aromatic rings. The Morgan fingerprint density at radius 3 is 2.80 bits per heavy atom.